The van der Waals surface area contributed by atoms with Gasteiger partial charge in [0.2, 0.25) is 0 Å². The van der Waals surface area contributed by atoms with E-state index >= 15 is 0 Å². The normalized spacial score (nSPS) is 39.8. The van der Waals surface area contributed by atoms with Crippen LogP contribution in [0.5, 0.6) is 11.5 Å². The van der Waals surface area contributed by atoms with Gasteiger partial charge in [-0.2, -0.15) is 0 Å². The molecule has 3 heterocycles. The molecule has 3 unspecified atom stereocenters. The van der Waals surface area contributed by atoms with Crippen molar-refractivity contribution < 1.29 is 42.7 Å². The molecule has 8 atom stereocenters. The Kier molecular flexibility index (Phi) is 5.35. The molecular weight excluding hydrogens is 480 g/mol. The van der Waals surface area contributed by atoms with Crippen LogP contribution in [0.3, 0.4) is 0 Å². The lowest BCUT2D eigenvalue weighted by Crippen LogP contribution is -2.55. The molecule has 3 aliphatic carbocycles. The van der Waals surface area contributed by atoms with Crippen molar-refractivity contribution in [3.05, 3.63) is 35.1 Å². The van der Waals surface area contributed by atoms with Gasteiger partial charge in [0, 0.05) is 18.1 Å². The summed E-state index contributed by atoms with van der Waals surface area (Å²) >= 11 is 0. The molecule has 0 radical (unpaired) electrons. The number of fused-ring (bicyclic) bond motifs is 1. The van der Waals surface area contributed by atoms with Gasteiger partial charge in [0.05, 0.1) is 7.11 Å². The number of hydrogen-bond acceptors (Lipinski definition) is 9. The van der Waals surface area contributed by atoms with Crippen LogP contribution in [0.1, 0.15) is 50.7 Å². The molecule has 2 bridgehead atoms. The van der Waals surface area contributed by atoms with Gasteiger partial charge >= 0.3 is 6.16 Å². The van der Waals surface area contributed by atoms with Gasteiger partial charge in [0.25, 0.3) is 0 Å². The minimum absolute atomic E-state index is 0.0356. The summed E-state index contributed by atoms with van der Waals surface area (Å²) in [5.41, 5.74) is 2.40. The molecule has 3 fully saturated rings. The first-order chi connectivity index (χ1) is 17.8. The van der Waals surface area contributed by atoms with E-state index in [1.54, 1.807) is 14.2 Å². The van der Waals surface area contributed by atoms with Crippen molar-refractivity contribution in [3.8, 4) is 11.5 Å². The van der Waals surface area contributed by atoms with E-state index in [0.717, 1.165) is 37.2 Å². The molecule has 1 aromatic carbocycles. The van der Waals surface area contributed by atoms with E-state index in [0.29, 0.717) is 17.6 Å². The number of benzene rings is 1. The van der Waals surface area contributed by atoms with Crippen molar-refractivity contribution in [2.75, 3.05) is 20.8 Å². The lowest BCUT2D eigenvalue weighted by atomic mass is 9.49. The van der Waals surface area contributed by atoms with E-state index in [9.17, 15) is 4.79 Å². The highest BCUT2D eigenvalue weighted by molar-refractivity contribution is 5.65. The van der Waals surface area contributed by atoms with E-state index in [1.807, 2.05) is 26.0 Å². The fourth-order valence-corrected chi connectivity index (χ4v) is 7.95. The van der Waals surface area contributed by atoms with Crippen LogP contribution in [-0.4, -0.2) is 63.5 Å². The van der Waals surface area contributed by atoms with Crippen LogP contribution in [0, 0.1) is 11.8 Å². The smallest absolute Gasteiger partial charge is 0.493 e. The van der Waals surface area contributed by atoms with E-state index < -0.39 is 30.4 Å². The van der Waals surface area contributed by atoms with Gasteiger partial charge in [0.15, 0.2) is 29.7 Å². The van der Waals surface area contributed by atoms with Gasteiger partial charge < -0.3 is 37.9 Å². The maximum Gasteiger partial charge on any atom is 0.513 e. The van der Waals surface area contributed by atoms with Gasteiger partial charge in [-0.05, 0) is 69.1 Å². The maximum absolute atomic E-state index is 12.9. The summed E-state index contributed by atoms with van der Waals surface area (Å²) in [5, 5.41) is 0. The van der Waals surface area contributed by atoms with E-state index in [4.69, 9.17) is 37.9 Å². The lowest BCUT2D eigenvalue weighted by molar-refractivity contribution is -0.230. The third-order valence-corrected chi connectivity index (χ3v) is 9.21. The average molecular weight is 515 g/mol. The van der Waals surface area contributed by atoms with Crippen LogP contribution in [0.15, 0.2) is 24.0 Å². The third-order valence-electron chi connectivity index (χ3n) is 9.21. The summed E-state index contributed by atoms with van der Waals surface area (Å²) in [6.45, 7) is 3.65. The lowest BCUT2D eigenvalue weighted by Gasteiger charge is -2.53. The van der Waals surface area contributed by atoms with Crippen LogP contribution in [0.4, 0.5) is 4.79 Å². The van der Waals surface area contributed by atoms with Crippen LogP contribution >= 0.6 is 0 Å². The predicted octanol–water partition coefficient (Wildman–Crippen LogP) is 4.00. The van der Waals surface area contributed by atoms with Crippen LogP contribution in [0.25, 0.3) is 0 Å². The summed E-state index contributed by atoms with van der Waals surface area (Å²) in [7, 11) is 3.22. The number of hydrogen-bond donors (Lipinski definition) is 0. The quantitative estimate of drug-likeness (QED) is 0.541. The van der Waals surface area contributed by atoms with E-state index in [-0.39, 0.29) is 24.2 Å². The number of ether oxygens (including phenoxy) is 8. The topological polar surface area (TPSA) is 90.9 Å². The van der Waals surface area contributed by atoms with Crippen molar-refractivity contribution in [1.82, 2.24) is 0 Å². The van der Waals surface area contributed by atoms with Gasteiger partial charge in [-0.1, -0.05) is 12.5 Å². The standard InChI is InChI=1S/C28H34O9/c1-27(2)36-22-19(33-25(31-4)23(22)37-27)13-32-26(29)34-18-10-8-16-14-6-5-11-28(16)20-15(12-14)7-9-17(30-3)21(20)35-24(18)28/h7,9-10,14,16,19,22-25H,5-6,8,11-13H2,1-4H3/t14-,16?,19-,22+,23?,24?,25-,28+/m1/s1. The monoisotopic (exact) mass is 514 g/mol. The van der Waals surface area contributed by atoms with Crippen molar-refractivity contribution in [2.24, 2.45) is 11.8 Å². The Morgan fingerprint density at radius 2 is 2.00 bits per heavy atom. The maximum atomic E-state index is 12.9. The summed E-state index contributed by atoms with van der Waals surface area (Å²) in [6.07, 6.45) is 4.25. The predicted molar refractivity (Wildman–Crippen MR) is 128 cm³/mol. The molecule has 0 amide bonds. The SMILES string of the molecule is COc1ccc2c3c1OC1C(OC(=O)OC[C@H]4O[C@@H](OC)C5OC(C)(C)O[C@H]54)=CCC4[C@H](CCC[C@]314)C2. The Hall–Kier alpha value is -2.33. The summed E-state index contributed by atoms with van der Waals surface area (Å²) in [6, 6.07) is 4.18. The fraction of sp³-hybridized carbons (Fsp3) is 0.679. The minimum atomic E-state index is -0.782. The number of rotatable bonds is 5. The molecule has 7 rings (SSSR count). The first-order valence-electron chi connectivity index (χ1n) is 13.3. The molecule has 200 valence electrons. The molecule has 1 saturated carbocycles. The average Bonchev–Trinajstić information content (AvgIpc) is 3.49. The molecule has 1 spiro atoms. The van der Waals surface area contributed by atoms with Gasteiger partial charge in [0.1, 0.15) is 30.7 Å². The summed E-state index contributed by atoms with van der Waals surface area (Å²) in [4.78, 5) is 12.9. The second-order valence-electron chi connectivity index (χ2n) is 11.5. The molecule has 0 aromatic heterocycles. The van der Waals surface area contributed by atoms with E-state index in [2.05, 4.69) is 6.07 Å². The molecule has 3 aliphatic heterocycles. The van der Waals surface area contributed by atoms with Crippen molar-refractivity contribution >= 4 is 6.16 Å². The number of carbonyl (C=O) groups is 1. The Balaban J connectivity index is 1.09. The van der Waals surface area contributed by atoms with Gasteiger partial charge in [-0.25, -0.2) is 4.79 Å². The number of methoxy groups -OCH3 is 2. The highest BCUT2D eigenvalue weighted by Gasteiger charge is 2.64. The second kappa shape index (κ2) is 8.33. The first kappa shape index (κ1) is 23.8. The Bertz CT molecular complexity index is 1140. The highest BCUT2D eigenvalue weighted by Crippen LogP contribution is 2.65. The zero-order valence-electron chi connectivity index (χ0n) is 21.7. The highest BCUT2D eigenvalue weighted by atomic mass is 16.8. The molecule has 2 saturated heterocycles. The van der Waals surface area contributed by atoms with Crippen molar-refractivity contribution in [1.29, 1.82) is 0 Å². The molecule has 37 heavy (non-hydrogen) atoms. The Labute approximate surface area is 216 Å². The van der Waals surface area contributed by atoms with Crippen LogP contribution in [0.2, 0.25) is 0 Å². The van der Waals surface area contributed by atoms with E-state index in [1.165, 1.54) is 17.5 Å². The first-order valence-corrected chi connectivity index (χ1v) is 13.3. The summed E-state index contributed by atoms with van der Waals surface area (Å²) < 4.78 is 46.8. The number of carbonyl (C=O) groups excluding carboxylic acids is 1. The molecule has 9 nitrogen and oxygen atoms in total. The van der Waals surface area contributed by atoms with Crippen LogP contribution in [-0.2, 0) is 40.3 Å². The number of allylic oxidation sites excluding steroid dienone is 1. The van der Waals surface area contributed by atoms with Crippen molar-refractivity contribution in [2.45, 2.75) is 87.9 Å². The minimum Gasteiger partial charge on any atom is -0.493 e. The fourth-order valence-electron chi connectivity index (χ4n) is 7.95. The zero-order chi connectivity index (χ0) is 25.5. The molecule has 6 aliphatic rings. The van der Waals surface area contributed by atoms with Crippen LogP contribution < -0.4 is 9.47 Å². The molecular formula is C28H34O9. The van der Waals surface area contributed by atoms with Crippen molar-refractivity contribution in [3.63, 3.8) is 0 Å². The molecule has 0 N–H and O–H groups in total. The largest absolute Gasteiger partial charge is 0.513 e. The Morgan fingerprint density at radius 1 is 1.16 bits per heavy atom. The molecule has 9 heteroatoms. The van der Waals surface area contributed by atoms with Gasteiger partial charge in [-0.3, -0.25) is 0 Å². The zero-order valence-corrected chi connectivity index (χ0v) is 21.7. The molecule has 1 aromatic rings. The summed E-state index contributed by atoms with van der Waals surface area (Å²) in [5.74, 6) is 2.37. The third kappa shape index (κ3) is 3.40. The second-order valence-corrected chi connectivity index (χ2v) is 11.5. The van der Waals surface area contributed by atoms with Gasteiger partial charge in [-0.15, -0.1) is 0 Å². The Morgan fingerprint density at radius 3 is 2.81 bits per heavy atom.